The van der Waals surface area contributed by atoms with Crippen molar-refractivity contribution in [1.82, 2.24) is 4.90 Å². The summed E-state index contributed by atoms with van der Waals surface area (Å²) >= 11 is 0. The van der Waals surface area contributed by atoms with Gasteiger partial charge in [-0.05, 0) is 12.5 Å². The van der Waals surface area contributed by atoms with Crippen LogP contribution in [0.4, 0.5) is 4.39 Å². The topological polar surface area (TPSA) is 46.6 Å². The molecule has 4 nitrogen and oxygen atoms in total. The van der Waals surface area contributed by atoms with Gasteiger partial charge < -0.3 is 4.74 Å². The van der Waals surface area contributed by atoms with Crippen LogP contribution >= 0.6 is 0 Å². The van der Waals surface area contributed by atoms with Gasteiger partial charge in [-0.2, -0.15) is 0 Å². The van der Waals surface area contributed by atoms with Gasteiger partial charge in [-0.25, -0.2) is 12.8 Å². The highest BCUT2D eigenvalue weighted by atomic mass is 32.2. The number of ether oxygens (including phenoxy) is 1. The number of rotatable bonds is 4. The molecule has 0 bridgehead atoms. The van der Waals surface area contributed by atoms with Crippen molar-refractivity contribution in [3.63, 3.8) is 0 Å². The van der Waals surface area contributed by atoms with E-state index in [1.165, 1.54) is 6.07 Å². The molecule has 2 aliphatic heterocycles. The Morgan fingerprint density at radius 3 is 2.76 bits per heavy atom. The van der Waals surface area contributed by atoms with Crippen molar-refractivity contribution < 1.29 is 17.5 Å². The van der Waals surface area contributed by atoms with Gasteiger partial charge in [0, 0.05) is 38.2 Å². The standard InChI is InChI=1S/C15H20FNO3S/c1-20-9-13-6-7-21(18,19)15(13)10-17(11-15)8-12-4-2-3-5-14(12)16/h2-5,13H,6-11H2,1H3/t13-/m1/s1. The molecule has 0 unspecified atom stereocenters. The molecule has 0 aliphatic carbocycles. The normalized spacial score (nSPS) is 26.9. The lowest BCUT2D eigenvalue weighted by Crippen LogP contribution is -2.67. The predicted octanol–water partition coefficient (Wildman–Crippen LogP) is 1.46. The number of hydrogen-bond acceptors (Lipinski definition) is 4. The molecule has 116 valence electrons. The van der Waals surface area contributed by atoms with E-state index in [0.29, 0.717) is 38.2 Å². The van der Waals surface area contributed by atoms with Crippen molar-refractivity contribution in [2.45, 2.75) is 17.7 Å². The van der Waals surface area contributed by atoms with Gasteiger partial charge in [-0.15, -0.1) is 0 Å². The molecule has 1 atom stereocenters. The minimum absolute atomic E-state index is 0.0596. The number of likely N-dealkylation sites (tertiary alicyclic amines) is 1. The van der Waals surface area contributed by atoms with Crippen LogP contribution in [0.2, 0.25) is 0 Å². The lowest BCUT2D eigenvalue weighted by Gasteiger charge is -2.50. The van der Waals surface area contributed by atoms with Gasteiger partial charge in [0.2, 0.25) is 0 Å². The third-order valence-electron chi connectivity index (χ3n) is 4.80. The van der Waals surface area contributed by atoms with Crippen LogP contribution in [0.15, 0.2) is 24.3 Å². The highest BCUT2D eigenvalue weighted by molar-refractivity contribution is 7.93. The molecule has 2 saturated heterocycles. The number of sulfone groups is 1. The number of methoxy groups -OCH3 is 1. The molecule has 0 saturated carbocycles. The first-order valence-corrected chi connectivity index (χ1v) is 8.81. The third-order valence-corrected chi connectivity index (χ3v) is 7.40. The number of halogens is 1. The van der Waals surface area contributed by atoms with E-state index in [1.807, 2.05) is 4.90 Å². The summed E-state index contributed by atoms with van der Waals surface area (Å²) in [6.45, 7) is 1.91. The summed E-state index contributed by atoms with van der Waals surface area (Å²) < 4.78 is 42.9. The van der Waals surface area contributed by atoms with Crippen LogP contribution in [0, 0.1) is 11.7 Å². The Kier molecular flexibility index (Phi) is 3.80. The van der Waals surface area contributed by atoms with Gasteiger partial charge in [-0.1, -0.05) is 18.2 Å². The van der Waals surface area contributed by atoms with E-state index >= 15 is 0 Å². The minimum atomic E-state index is -3.07. The van der Waals surface area contributed by atoms with Crippen LogP contribution in [0.5, 0.6) is 0 Å². The van der Waals surface area contributed by atoms with E-state index in [4.69, 9.17) is 4.74 Å². The SMILES string of the molecule is COC[C@H]1CCS(=O)(=O)C12CN(Cc1ccccc1F)C2. The molecule has 0 N–H and O–H groups in total. The average molecular weight is 313 g/mol. The highest BCUT2D eigenvalue weighted by Crippen LogP contribution is 2.45. The predicted molar refractivity (Wildman–Crippen MR) is 78.2 cm³/mol. The maximum atomic E-state index is 13.7. The summed E-state index contributed by atoms with van der Waals surface area (Å²) in [6.07, 6.45) is 0.670. The molecular formula is C15H20FNO3S. The molecule has 1 spiro atoms. The second kappa shape index (κ2) is 5.34. The van der Waals surface area contributed by atoms with Crippen LogP contribution in [0.1, 0.15) is 12.0 Å². The summed E-state index contributed by atoms with van der Waals surface area (Å²) in [5.41, 5.74) is 0.617. The maximum absolute atomic E-state index is 13.7. The molecule has 21 heavy (non-hydrogen) atoms. The summed E-state index contributed by atoms with van der Waals surface area (Å²) in [5.74, 6) is 0.0692. The number of benzene rings is 1. The first kappa shape index (κ1) is 14.9. The largest absolute Gasteiger partial charge is 0.384 e. The van der Waals surface area contributed by atoms with E-state index in [0.717, 1.165) is 0 Å². The molecule has 1 aromatic carbocycles. The number of hydrogen-bond donors (Lipinski definition) is 0. The Morgan fingerprint density at radius 1 is 1.38 bits per heavy atom. The molecule has 2 aliphatic rings. The molecule has 6 heteroatoms. The summed E-state index contributed by atoms with van der Waals surface area (Å²) in [4.78, 5) is 2.00. The third kappa shape index (κ3) is 2.39. The quantitative estimate of drug-likeness (QED) is 0.844. The molecule has 0 aromatic heterocycles. The van der Waals surface area contributed by atoms with Gasteiger partial charge in [0.05, 0.1) is 12.4 Å². The molecule has 0 amide bonds. The molecule has 2 heterocycles. The summed E-state index contributed by atoms with van der Waals surface area (Å²) in [6, 6.07) is 6.64. The summed E-state index contributed by atoms with van der Waals surface area (Å²) in [5, 5.41) is 0. The lowest BCUT2D eigenvalue weighted by molar-refractivity contribution is 0.0405. The molecule has 0 radical (unpaired) electrons. The van der Waals surface area contributed by atoms with E-state index in [-0.39, 0.29) is 17.5 Å². The molecule has 1 aromatic rings. The van der Waals surface area contributed by atoms with Crippen LogP contribution in [0.25, 0.3) is 0 Å². The van der Waals surface area contributed by atoms with E-state index in [2.05, 4.69) is 0 Å². The van der Waals surface area contributed by atoms with Crippen molar-refractivity contribution in [2.24, 2.45) is 5.92 Å². The van der Waals surface area contributed by atoms with Gasteiger partial charge in [0.15, 0.2) is 9.84 Å². The van der Waals surface area contributed by atoms with Crippen molar-refractivity contribution in [3.05, 3.63) is 35.6 Å². The van der Waals surface area contributed by atoms with E-state index < -0.39 is 14.6 Å². The van der Waals surface area contributed by atoms with Crippen molar-refractivity contribution >= 4 is 9.84 Å². The van der Waals surface area contributed by atoms with Gasteiger partial charge in [0.25, 0.3) is 0 Å². The Labute approximate surface area is 124 Å². The van der Waals surface area contributed by atoms with Crippen molar-refractivity contribution in [2.75, 3.05) is 32.6 Å². The fourth-order valence-corrected chi connectivity index (χ4v) is 6.05. The minimum Gasteiger partial charge on any atom is -0.384 e. The Balaban J connectivity index is 1.72. The maximum Gasteiger partial charge on any atom is 0.158 e. The fraction of sp³-hybridized carbons (Fsp3) is 0.600. The van der Waals surface area contributed by atoms with Gasteiger partial charge >= 0.3 is 0 Å². The zero-order valence-electron chi connectivity index (χ0n) is 12.1. The summed E-state index contributed by atoms with van der Waals surface area (Å²) in [7, 11) is -1.47. The van der Waals surface area contributed by atoms with Crippen LogP contribution < -0.4 is 0 Å². The van der Waals surface area contributed by atoms with Gasteiger partial charge in [-0.3, -0.25) is 4.90 Å². The zero-order valence-corrected chi connectivity index (χ0v) is 12.9. The molecular weight excluding hydrogens is 293 g/mol. The van der Waals surface area contributed by atoms with Crippen LogP contribution in [-0.2, 0) is 21.1 Å². The van der Waals surface area contributed by atoms with Crippen molar-refractivity contribution in [3.8, 4) is 0 Å². The molecule has 2 fully saturated rings. The molecule has 3 rings (SSSR count). The van der Waals surface area contributed by atoms with Gasteiger partial charge in [0.1, 0.15) is 10.6 Å². The fourth-order valence-electron chi connectivity index (χ4n) is 3.60. The van der Waals surface area contributed by atoms with Crippen LogP contribution in [-0.4, -0.2) is 50.6 Å². The first-order chi connectivity index (χ1) is 9.98. The highest BCUT2D eigenvalue weighted by Gasteiger charge is 2.61. The first-order valence-electron chi connectivity index (χ1n) is 7.15. The zero-order chi connectivity index (χ0) is 15.1. The average Bonchev–Trinajstić information content (AvgIpc) is 2.65. The second-order valence-corrected chi connectivity index (χ2v) is 8.51. The Bertz CT molecular complexity index is 626. The lowest BCUT2D eigenvalue weighted by atomic mass is 9.83. The van der Waals surface area contributed by atoms with E-state index in [9.17, 15) is 12.8 Å². The second-order valence-electron chi connectivity index (χ2n) is 6.06. The Hall–Kier alpha value is -0.980. The van der Waals surface area contributed by atoms with Crippen LogP contribution in [0.3, 0.4) is 0 Å². The van der Waals surface area contributed by atoms with E-state index in [1.54, 1.807) is 25.3 Å². The number of nitrogens with zero attached hydrogens (tertiary/aromatic N) is 1. The monoisotopic (exact) mass is 313 g/mol. The Morgan fingerprint density at radius 2 is 2.10 bits per heavy atom. The van der Waals surface area contributed by atoms with Crippen molar-refractivity contribution in [1.29, 1.82) is 0 Å². The smallest absolute Gasteiger partial charge is 0.158 e.